The number of aryl methyl sites for hydroxylation is 1. The lowest BCUT2D eigenvalue weighted by molar-refractivity contribution is -0.129. The Morgan fingerprint density at radius 3 is 2.36 bits per heavy atom. The van der Waals surface area contributed by atoms with Gasteiger partial charge in [-0.15, -0.1) is 0 Å². The lowest BCUT2D eigenvalue weighted by Crippen LogP contribution is -2.52. The quantitative estimate of drug-likeness (QED) is 0.514. The van der Waals surface area contributed by atoms with Crippen LogP contribution in [0.15, 0.2) is 18.2 Å². The van der Waals surface area contributed by atoms with Crippen LogP contribution in [-0.2, 0) is 16.0 Å². The van der Waals surface area contributed by atoms with E-state index in [2.05, 4.69) is 10.6 Å². The Balaban J connectivity index is 2.71. The molecule has 3 atom stereocenters. The van der Waals surface area contributed by atoms with Crippen LogP contribution >= 0.6 is 0 Å². The second-order valence-corrected chi connectivity index (χ2v) is 6.50. The SMILES string of the molecule is CCC(CCc1cccc(O)c1O)NC(=O)[C@@H](NC(C)=O)C(C)CC. The molecule has 4 N–H and O–H groups in total. The van der Waals surface area contributed by atoms with Crippen LogP contribution < -0.4 is 10.6 Å². The zero-order valence-electron chi connectivity index (χ0n) is 15.5. The predicted molar refractivity (Wildman–Crippen MR) is 97.4 cm³/mol. The van der Waals surface area contributed by atoms with Crippen molar-refractivity contribution in [2.75, 3.05) is 0 Å². The van der Waals surface area contributed by atoms with Crippen LogP contribution in [0, 0.1) is 5.92 Å². The van der Waals surface area contributed by atoms with Gasteiger partial charge in [0, 0.05) is 13.0 Å². The van der Waals surface area contributed by atoms with Crippen molar-refractivity contribution in [2.45, 2.75) is 65.5 Å². The number of aromatic hydroxyl groups is 2. The van der Waals surface area contributed by atoms with E-state index in [-0.39, 0.29) is 35.3 Å². The van der Waals surface area contributed by atoms with Crippen LogP contribution in [-0.4, -0.2) is 34.1 Å². The van der Waals surface area contributed by atoms with Crippen LogP contribution in [0.4, 0.5) is 0 Å². The maximum Gasteiger partial charge on any atom is 0.243 e. The molecule has 0 aromatic heterocycles. The maximum atomic E-state index is 12.6. The van der Waals surface area contributed by atoms with Crippen molar-refractivity contribution in [2.24, 2.45) is 5.92 Å². The summed E-state index contributed by atoms with van der Waals surface area (Å²) in [6.45, 7) is 7.30. The molecule has 0 aliphatic rings. The van der Waals surface area contributed by atoms with Gasteiger partial charge in [-0.05, 0) is 36.8 Å². The number of hydrogen-bond acceptors (Lipinski definition) is 4. The van der Waals surface area contributed by atoms with Crippen molar-refractivity contribution >= 4 is 11.8 Å². The molecular formula is C19H30N2O4. The van der Waals surface area contributed by atoms with Crippen LogP contribution in [0.1, 0.15) is 52.5 Å². The Kier molecular flexibility index (Phi) is 8.25. The number of phenolic OH excluding ortho intramolecular Hbond substituents is 2. The van der Waals surface area contributed by atoms with E-state index in [1.807, 2.05) is 20.8 Å². The second kappa shape index (κ2) is 9.91. The van der Waals surface area contributed by atoms with Crippen LogP contribution in [0.25, 0.3) is 0 Å². The monoisotopic (exact) mass is 350 g/mol. The smallest absolute Gasteiger partial charge is 0.243 e. The van der Waals surface area contributed by atoms with Gasteiger partial charge in [0.2, 0.25) is 11.8 Å². The molecule has 6 heteroatoms. The first-order valence-electron chi connectivity index (χ1n) is 8.87. The molecule has 0 bridgehead atoms. The Morgan fingerprint density at radius 2 is 1.80 bits per heavy atom. The summed E-state index contributed by atoms with van der Waals surface area (Å²) in [7, 11) is 0. The average molecular weight is 350 g/mol. The molecule has 0 aliphatic heterocycles. The van der Waals surface area contributed by atoms with Crippen molar-refractivity contribution < 1.29 is 19.8 Å². The summed E-state index contributed by atoms with van der Waals surface area (Å²) in [6.07, 6.45) is 2.69. The zero-order chi connectivity index (χ0) is 19.0. The Morgan fingerprint density at radius 1 is 1.12 bits per heavy atom. The molecule has 0 heterocycles. The lowest BCUT2D eigenvalue weighted by atomic mass is 9.97. The van der Waals surface area contributed by atoms with E-state index in [9.17, 15) is 19.8 Å². The van der Waals surface area contributed by atoms with Crippen molar-refractivity contribution in [3.63, 3.8) is 0 Å². The number of nitrogens with one attached hydrogen (secondary N) is 2. The van der Waals surface area contributed by atoms with Gasteiger partial charge < -0.3 is 20.8 Å². The topological polar surface area (TPSA) is 98.7 Å². The van der Waals surface area contributed by atoms with Crippen molar-refractivity contribution in [1.82, 2.24) is 10.6 Å². The first kappa shape index (κ1) is 20.8. The van der Waals surface area contributed by atoms with E-state index in [0.717, 1.165) is 12.8 Å². The molecule has 1 aromatic carbocycles. The van der Waals surface area contributed by atoms with Gasteiger partial charge in [0.15, 0.2) is 11.5 Å². The van der Waals surface area contributed by atoms with Gasteiger partial charge in [-0.3, -0.25) is 9.59 Å². The highest BCUT2D eigenvalue weighted by molar-refractivity contribution is 5.87. The van der Waals surface area contributed by atoms with Crippen LogP contribution in [0.2, 0.25) is 0 Å². The number of carbonyl (C=O) groups excluding carboxylic acids is 2. The molecule has 0 spiro atoms. The fourth-order valence-electron chi connectivity index (χ4n) is 2.70. The van der Waals surface area contributed by atoms with Gasteiger partial charge in [0.1, 0.15) is 6.04 Å². The van der Waals surface area contributed by atoms with Gasteiger partial charge in [0.05, 0.1) is 0 Å². The van der Waals surface area contributed by atoms with E-state index in [1.165, 1.54) is 13.0 Å². The molecule has 6 nitrogen and oxygen atoms in total. The van der Waals surface area contributed by atoms with E-state index in [0.29, 0.717) is 18.4 Å². The Bertz CT molecular complexity index is 589. The molecule has 1 aromatic rings. The van der Waals surface area contributed by atoms with E-state index in [4.69, 9.17) is 0 Å². The molecule has 0 saturated carbocycles. The molecular weight excluding hydrogens is 320 g/mol. The molecule has 0 saturated heterocycles. The van der Waals surface area contributed by atoms with Crippen LogP contribution in [0.5, 0.6) is 11.5 Å². The van der Waals surface area contributed by atoms with Gasteiger partial charge in [-0.2, -0.15) is 0 Å². The highest BCUT2D eigenvalue weighted by Gasteiger charge is 2.26. The summed E-state index contributed by atoms with van der Waals surface area (Å²) in [5.74, 6) is -0.622. The fourth-order valence-corrected chi connectivity index (χ4v) is 2.70. The number of phenols is 2. The zero-order valence-corrected chi connectivity index (χ0v) is 15.5. The minimum absolute atomic E-state index is 0.0384. The Labute approximate surface area is 149 Å². The number of rotatable bonds is 9. The third-order valence-electron chi connectivity index (χ3n) is 4.55. The van der Waals surface area contributed by atoms with Gasteiger partial charge in [-0.25, -0.2) is 0 Å². The summed E-state index contributed by atoms with van der Waals surface area (Å²) in [5.41, 5.74) is 0.646. The highest BCUT2D eigenvalue weighted by atomic mass is 16.3. The first-order chi connectivity index (χ1) is 11.8. The number of para-hydroxylation sites is 1. The molecule has 1 rings (SSSR count). The normalized spacial score (nSPS) is 14.4. The molecule has 25 heavy (non-hydrogen) atoms. The van der Waals surface area contributed by atoms with Gasteiger partial charge >= 0.3 is 0 Å². The van der Waals surface area contributed by atoms with E-state index >= 15 is 0 Å². The molecule has 0 aliphatic carbocycles. The third-order valence-corrected chi connectivity index (χ3v) is 4.55. The number of carbonyl (C=O) groups is 2. The van der Waals surface area contributed by atoms with Crippen LogP contribution in [0.3, 0.4) is 0 Å². The number of amides is 2. The molecule has 0 fully saturated rings. The predicted octanol–water partition coefficient (Wildman–Crippen LogP) is 2.48. The maximum absolute atomic E-state index is 12.6. The third kappa shape index (κ3) is 6.29. The summed E-state index contributed by atoms with van der Waals surface area (Å²) in [6, 6.07) is 4.24. The fraction of sp³-hybridized carbons (Fsp3) is 0.579. The largest absolute Gasteiger partial charge is 0.504 e. The minimum Gasteiger partial charge on any atom is -0.504 e. The van der Waals surface area contributed by atoms with Gasteiger partial charge in [-0.1, -0.05) is 39.3 Å². The standard InChI is InChI=1S/C19H30N2O4/c1-5-12(3)17(20-13(4)22)19(25)21-15(6-2)11-10-14-8-7-9-16(23)18(14)24/h7-9,12,15,17,23-24H,5-6,10-11H2,1-4H3,(H,20,22)(H,21,25)/t12?,15?,17-/m0/s1. The van der Waals surface area contributed by atoms with E-state index in [1.54, 1.807) is 12.1 Å². The number of hydrogen-bond donors (Lipinski definition) is 4. The average Bonchev–Trinajstić information content (AvgIpc) is 2.58. The Hall–Kier alpha value is -2.24. The molecule has 2 amide bonds. The summed E-state index contributed by atoms with van der Waals surface area (Å²) < 4.78 is 0. The van der Waals surface area contributed by atoms with Crippen molar-refractivity contribution in [3.05, 3.63) is 23.8 Å². The minimum atomic E-state index is -0.550. The first-order valence-corrected chi connectivity index (χ1v) is 8.87. The van der Waals surface area contributed by atoms with E-state index < -0.39 is 6.04 Å². The summed E-state index contributed by atoms with van der Waals surface area (Å²) in [5, 5.41) is 25.1. The summed E-state index contributed by atoms with van der Waals surface area (Å²) >= 11 is 0. The lowest BCUT2D eigenvalue weighted by Gasteiger charge is -2.26. The van der Waals surface area contributed by atoms with Crippen molar-refractivity contribution in [3.8, 4) is 11.5 Å². The molecule has 0 radical (unpaired) electrons. The second-order valence-electron chi connectivity index (χ2n) is 6.50. The van der Waals surface area contributed by atoms with Gasteiger partial charge in [0.25, 0.3) is 0 Å². The highest BCUT2D eigenvalue weighted by Crippen LogP contribution is 2.29. The molecule has 140 valence electrons. The summed E-state index contributed by atoms with van der Waals surface area (Å²) in [4.78, 5) is 23.9. The van der Waals surface area contributed by atoms with Crippen molar-refractivity contribution in [1.29, 1.82) is 0 Å². The molecule has 2 unspecified atom stereocenters. The number of benzene rings is 1.